The number of benzene rings is 1. The predicted molar refractivity (Wildman–Crippen MR) is 61.4 cm³/mol. The molecule has 2 aliphatic rings. The van der Waals surface area contributed by atoms with E-state index in [2.05, 4.69) is 24.4 Å². The second-order valence-corrected chi connectivity index (χ2v) is 6.01. The zero-order chi connectivity index (χ0) is 10.4. The van der Waals surface area contributed by atoms with Gasteiger partial charge in [0.2, 0.25) is 0 Å². The van der Waals surface area contributed by atoms with Gasteiger partial charge in [-0.25, -0.2) is 0 Å². The highest BCUT2D eigenvalue weighted by Crippen LogP contribution is 2.34. The fourth-order valence-electron chi connectivity index (χ4n) is 2.15. The standard InChI is InChI=1S/C12H15NOS/c1-8-2-5-12-10(6-8)11(7-15(12)14)13-9-3-4-9/h2,5-6,9,11,13H,3-4,7H2,1H3. The summed E-state index contributed by atoms with van der Waals surface area (Å²) in [7, 11) is -0.787. The van der Waals surface area contributed by atoms with Crippen LogP contribution in [0.1, 0.15) is 30.0 Å². The normalized spacial score (nSPS) is 29.1. The molecule has 1 aromatic carbocycles. The van der Waals surface area contributed by atoms with E-state index in [1.807, 2.05) is 6.07 Å². The molecule has 2 nitrogen and oxygen atoms in total. The highest BCUT2D eigenvalue weighted by atomic mass is 32.2. The smallest absolute Gasteiger partial charge is 0.0552 e. The predicted octanol–water partition coefficient (Wildman–Crippen LogP) is 1.91. The Labute approximate surface area is 92.5 Å². The second-order valence-electron chi connectivity index (χ2n) is 4.55. The molecule has 1 heterocycles. The third-order valence-corrected chi connectivity index (χ3v) is 4.62. The minimum absolute atomic E-state index is 0.327. The van der Waals surface area contributed by atoms with Crippen molar-refractivity contribution in [3.63, 3.8) is 0 Å². The first-order valence-electron chi connectivity index (χ1n) is 5.49. The molecule has 3 heteroatoms. The number of rotatable bonds is 2. The van der Waals surface area contributed by atoms with Crippen molar-refractivity contribution >= 4 is 10.8 Å². The van der Waals surface area contributed by atoms with Crippen LogP contribution in [0.15, 0.2) is 23.1 Å². The van der Waals surface area contributed by atoms with Gasteiger partial charge in [0.05, 0.1) is 10.8 Å². The first-order valence-corrected chi connectivity index (χ1v) is 6.81. The maximum atomic E-state index is 11.9. The Balaban J connectivity index is 1.95. The number of hydrogen-bond donors (Lipinski definition) is 1. The van der Waals surface area contributed by atoms with Gasteiger partial charge in [-0.3, -0.25) is 4.21 Å². The lowest BCUT2D eigenvalue weighted by Gasteiger charge is -2.12. The van der Waals surface area contributed by atoms with Crippen LogP contribution in [-0.4, -0.2) is 16.0 Å². The highest BCUT2D eigenvalue weighted by molar-refractivity contribution is 7.85. The van der Waals surface area contributed by atoms with E-state index in [-0.39, 0.29) is 0 Å². The van der Waals surface area contributed by atoms with Gasteiger partial charge in [0.15, 0.2) is 0 Å². The van der Waals surface area contributed by atoms with E-state index < -0.39 is 10.8 Å². The molecule has 2 atom stereocenters. The number of aryl methyl sites for hydroxylation is 1. The average molecular weight is 221 g/mol. The van der Waals surface area contributed by atoms with Crippen molar-refractivity contribution in [2.75, 3.05) is 5.75 Å². The van der Waals surface area contributed by atoms with Gasteiger partial charge in [-0.1, -0.05) is 17.7 Å². The van der Waals surface area contributed by atoms with Crippen LogP contribution in [0, 0.1) is 6.92 Å². The molecule has 1 fully saturated rings. The Morgan fingerprint density at radius 2 is 2.20 bits per heavy atom. The van der Waals surface area contributed by atoms with Crippen molar-refractivity contribution in [1.82, 2.24) is 5.32 Å². The molecule has 2 unspecified atom stereocenters. The van der Waals surface area contributed by atoms with E-state index in [0.29, 0.717) is 12.1 Å². The zero-order valence-electron chi connectivity index (χ0n) is 8.82. The Hall–Kier alpha value is -0.670. The molecular weight excluding hydrogens is 206 g/mol. The van der Waals surface area contributed by atoms with Gasteiger partial charge < -0.3 is 5.32 Å². The molecule has 1 aliphatic carbocycles. The van der Waals surface area contributed by atoms with E-state index >= 15 is 0 Å². The maximum absolute atomic E-state index is 11.9. The molecule has 0 bridgehead atoms. The van der Waals surface area contributed by atoms with Gasteiger partial charge in [-0.2, -0.15) is 0 Å². The highest BCUT2D eigenvalue weighted by Gasteiger charge is 2.32. The maximum Gasteiger partial charge on any atom is 0.0552 e. The molecule has 3 rings (SSSR count). The first-order chi connectivity index (χ1) is 7.24. The van der Waals surface area contributed by atoms with Crippen molar-refractivity contribution < 1.29 is 4.21 Å². The Bertz CT molecular complexity index is 426. The van der Waals surface area contributed by atoms with Crippen LogP contribution in [0.25, 0.3) is 0 Å². The van der Waals surface area contributed by atoms with Gasteiger partial charge in [0, 0.05) is 22.7 Å². The number of nitrogens with one attached hydrogen (secondary N) is 1. The van der Waals surface area contributed by atoms with Crippen LogP contribution < -0.4 is 5.32 Å². The average Bonchev–Trinajstić information content (AvgIpc) is 2.95. The number of fused-ring (bicyclic) bond motifs is 1. The molecule has 0 saturated heterocycles. The molecule has 1 aromatic rings. The lowest BCUT2D eigenvalue weighted by Crippen LogP contribution is -2.23. The SMILES string of the molecule is Cc1ccc2c(c1)C(NC1CC1)CS2=O. The van der Waals surface area contributed by atoms with Crippen LogP contribution >= 0.6 is 0 Å². The molecular formula is C12H15NOS. The van der Waals surface area contributed by atoms with Crippen molar-refractivity contribution in [3.8, 4) is 0 Å². The van der Waals surface area contributed by atoms with Gasteiger partial charge >= 0.3 is 0 Å². The molecule has 1 saturated carbocycles. The van der Waals surface area contributed by atoms with Crippen LogP contribution in [-0.2, 0) is 10.8 Å². The van der Waals surface area contributed by atoms with Gasteiger partial charge in [-0.05, 0) is 31.4 Å². The van der Waals surface area contributed by atoms with Gasteiger partial charge in [0.1, 0.15) is 0 Å². The summed E-state index contributed by atoms with van der Waals surface area (Å²) in [5, 5.41) is 3.57. The van der Waals surface area contributed by atoms with Crippen LogP contribution in [0.2, 0.25) is 0 Å². The second kappa shape index (κ2) is 3.42. The van der Waals surface area contributed by atoms with E-state index in [1.54, 1.807) is 0 Å². The van der Waals surface area contributed by atoms with Crippen molar-refractivity contribution in [3.05, 3.63) is 29.3 Å². The number of hydrogen-bond acceptors (Lipinski definition) is 2. The van der Waals surface area contributed by atoms with Crippen molar-refractivity contribution in [2.24, 2.45) is 0 Å². The fraction of sp³-hybridized carbons (Fsp3) is 0.500. The molecule has 15 heavy (non-hydrogen) atoms. The molecule has 0 aromatic heterocycles. The van der Waals surface area contributed by atoms with Crippen molar-refractivity contribution in [1.29, 1.82) is 0 Å². The van der Waals surface area contributed by atoms with Crippen LogP contribution in [0.4, 0.5) is 0 Å². The first kappa shape index (κ1) is 9.55. The van der Waals surface area contributed by atoms with Crippen LogP contribution in [0.5, 0.6) is 0 Å². The molecule has 0 radical (unpaired) electrons. The summed E-state index contributed by atoms with van der Waals surface area (Å²) in [6, 6.07) is 7.26. The summed E-state index contributed by atoms with van der Waals surface area (Å²) in [4.78, 5) is 1.04. The minimum atomic E-state index is -0.787. The van der Waals surface area contributed by atoms with E-state index in [1.165, 1.54) is 24.0 Å². The van der Waals surface area contributed by atoms with Crippen LogP contribution in [0.3, 0.4) is 0 Å². The third-order valence-electron chi connectivity index (χ3n) is 3.12. The Morgan fingerprint density at radius 1 is 1.40 bits per heavy atom. The summed E-state index contributed by atoms with van der Waals surface area (Å²) >= 11 is 0. The summed E-state index contributed by atoms with van der Waals surface area (Å²) in [6.45, 7) is 2.09. The lowest BCUT2D eigenvalue weighted by atomic mass is 10.1. The minimum Gasteiger partial charge on any atom is -0.306 e. The van der Waals surface area contributed by atoms with Crippen molar-refractivity contribution in [2.45, 2.75) is 36.7 Å². The Morgan fingerprint density at radius 3 is 2.93 bits per heavy atom. The fourth-order valence-corrected chi connectivity index (χ4v) is 3.59. The molecule has 0 amide bonds. The Kier molecular flexibility index (Phi) is 2.18. The quantitative estimate of drug-likeness (QED) is 0.826. The summed E-state index contributed by atoms with van der Waals surface area (Å²) in [6.07, 6.45) is 2.56. The van der Waals surface area contributed by atoms with Gasteiger partial charge in [0.25, 0.3) is 0 Å². The van der Waals surface area contributed by atoms with E-state index in [4.69, 9.17) is 0 Å². The molecule has 1 N–H and O–H groups in total. The zero-order valence-corrected chi connectivity index (χ0v) is 9.64. The summed E-state index contributed by atoms with van der Waals surface area (Å²) in [5.41, 5.74) is 2.52. The monoisotopic (exact) mass is 221 g/mol. The lowest BCUT2D eigenvalue weighted by molar-refractivity contribution is 0.577. The van der Waals surface area contributed by atoms with E-state index in [0.717, 1.165) is 10.6 Å². The largest absolute Gasteiger partial charge is 0.306 e. The third kappa shape index (κ3) is 1.74. The molecule has 1 aliphatic heterocycles. The van der Waals surface area contributed by atoms with E-state index in [9.17, 15) is 4.21 Å². The summed E-state index contributed by atoms with van der Waals surface area (Å²) < 4.78 is 11.9. The molecule has 80 valence electrons. The van der Waals surface area contributed by atoms with Gasteiger partial charge in [-0.15, -0.1) is 0 Å². The molecule has 0 spiro atoms. The topological polar surface area (TPSA) is 29.1 Å². The summed E-state index contributed by atoms with van der Waals surface area (Å²) in [5.74, 6) is 0.759.